The highest BCUT2D eigenvalue weighted by Crippen LogP contribution is 2.28. The van der Waals surface area contributed by atoms with Crippen LogP contribution in [-0.2, 0) is 4.74 Å². The van der Waals surface area contributed by atoms with Crippen LogP contribution >= 0.6 is 0 Å². The molecule has 0 aromatic heterocycles. The molecule has 2 aromatic carbocycles. The van der Waals surface area contributed by atoms with Gasteiger partial charge in [0.2, 0.25) is 0 Å². The van der Waals surface area contributed by atoms with E-state index in [0.29, 0.717) is 32.3 Å². The zero-order valence-corrected chi connectivity index (χ0v) is 19.0. The van der Waals surface area contributed by atoms with Gasteiger partial charge in [-0.2, -0.15) is 0 Å². The van der Waals surface area contributed by atoms with Crippen molar-refractivity contribution in [2.75, 3.05) is 64.6 Å². The second-order valence-electron chi connectivity index (χ2n) is 8.23. The summed E-state index contributed by atoms with van der Waals surface area (Å²) < 4.78 is 17.0. The zero-order chi connectivity index (χ0) is 22.1. The third kappa shape index (κ3) is 6.86. The fraction of sp³-hybridized carbons (Fsp3) is 0.520. The lowest BCUT2D eigenvalue weighted by molar-refractivity contribution is 0.00708. The molecule has 0 amide bonds. The number of nitrogens with zero attached hydrogens (tertiary/aromatic N) is 2. The van der Waals surface area contributed by atoms with Crippen molar-refractivity contribution < 1.29 is 19.3 Å². The van der Waals surface area contributed by atoms with Crippen LogP contribution in [0.5, 0.6) is 11.5 Å². The fourth-order valence-corrected chi connectivity index (χ4v) is 3.93. The van der Waals surface area contributed by atoms with E-state index in [0.717, 1.165) is 43.4 Å². The van der Waals surface area contributed by atoms with Crippen LogP contribution < -0.4 is 14.4 Å². The molecule has 1 aliphatic rings. The minimum absolute atomic E-state index is 0.321. The monoisotopic (exact) mass is 428 g/mol. The molecule has 1 heterocycles. The number of methoxy groups -OCH3 is 1. The van der Waals surface area contributed by atoms with Crippen LogP contribution in [0, 0.1) is 0 Å². The fourth-order valence-electron chi connectivity index (χ4n) is 3.93. The molecule has 0 radical (unpaired) electrons. The minimum atomic E-state index is -0.499. The Kier molecular flexibility index (Phi) is 9.00. The molecule has 1 aliphatic heterocycles. The number of ether oxygens (including phenoxy) is 3. The number of rotatable bonds is 11. The van der Waals surface area contributed by atoms with Crippen molar-refractivity contribution in [3.05, 3.63) is 54.1 Å². The standard InChI is InChI=1S/C25H36N2O4/c1-20(2)22-8-4-6-10-24(22)31-17-16-30-19-21(28)18-26-12-14-27(15-13-26)23-9-5-7-11-25(23)29-3/h4-11,20-21,28H,12-19H2,1-3H3/t21-/m0/s1. The maximum Gasteiger partial charge on any atom is 0.142 e. The Morgan fingerprint density at radius 1 is 0.903 bits per heavy atom. The summed E-state index contributed by atoms with van der Waals surface area (Å²) >= 11 is 0. The molecule has 1 N–H and O–H groups in total. The predicted molar refractivity (Wildman–Crippen MR) is 124 cm³/mol. The van der Waals surface area contributed by atoms with E-state index in [4.69, 9.17) is 14.2 Å². The first-order chi connectivity index (χ1) is 15.1. The van der Waals surface area contributed by atoms with Gasteiger partial charge < -0.3 is 24.2 Å². The molecule has 2 aromatic rings. The lowest BCUT2D eigenvalue weighted by Crippen LogP contribution is -2.49. The van der Waals surface area contributed by atoms with Gasteiger partial charge in [0.15, 0.2) is 0 Å². The van der Waals surface area contributed by atoms with Crippen LogP contribution in [0.15, 0.2) is 48.5 Å². The van der Waals surface area contributed by atoms with Crippen molar-refractivity contribution in [3.63, 3.8) is 0 Å². The number of β-amino-alcohol motifs (C(OH)–C–C–N with tert-alkyl or cyclic N) is 1. The molecule has 6 heteroatoms. The molecular weight excluding hydrogens is 392 g/mol. The highest BCUT2D eigenvalue weighted by molar-refractivity contribution is 5.58. The largest absolute Gasteiger partial charge is 0.495 e. The highest BCUT2D eigenvalue weighted by atomic mass is 16.5. The summed E-state index contributed by atoms with van der Waals surface area (Å²) in [4.78, 5) is 4.62. The molecule has 3 rings (SSSR count). The predicted octanol–water partition coefficient (Wildman–Crippen LogP) is 3.40. The molecule has 0 spiro atoms. The van der Waals surface area contributed by atoms with E-state index in [1.165, 1.54) is 5.56 Å². The Hall–Kier alpha value is -2.28. The molecule has 31 heavy (non-hydrogen) atoms. The summed E-state index contributed by atoms with van der Waals surface area (Å²) in [6.45, 7) is 9.84. The van der Waals surface area contributed by atoms with E-state index in [-0.39, 0.29) is 0 Å². The van der Waals surface area contributed by atoms with Crippen LogP contribution in [0.4, 0.5) is 5.69 Å². The average molecular weight is 429 g/mol. The van der Waals surface area contributed by atoms with Gasteiger partial charge in [0.25, 0.3) is 0 Å². The van der Waals surface area contributed by atoms with Crippen molar-refractivity contribution in [2.24, 2.45) is 0 Å². The Bertz CT molecular complexity index is 791. The van der Waals surface area contributed by atoms with Crippen LogP contribution in [0.3, 0.4) is 0 Å². The smallest absolute Gasteiger partial charge is 0.142 e. The number of para-hydroxylation sites is 3. The van der Waals surface area contributed by atoms with E-state index in [2.05, 4.69) is 35.8 Å². The summed E-state index contributed by atoms with van der Waals surface area (Å²) in [5.74, 6) is 2.24. The molecule has 1 fully saturated rings. The van der Waals surface area contributed by atoms with E-state index in [1.54, 1.807) is 7.11 Å². The van der Waals surface area contributed by atoms with Crippen LogP contribution in [-0.4, -0.2) is 75.8 Å². The molecule has 6 nitrogen and oxygen atoms in total. The first-order valence-corrected chi connectivity index (χ1v) is 11.2. The van der Waals surface area contributed by atoms with Crippen LogP contribution in [0.25, 0.3) is 0 Å². The van der Waals surface area contributed by atoms with Crippen LogP contribution in [0.1, 0.15) is 25.3 Å². The molecule has 0 unspecified atom stereocenters. The van der Waals surface area contributed by atoms with Crippen molar-refractivity contribution in [2.45, 2.75) is 25.9 Å². The number of hydrogen-bond donors (Lipinski definition) is 1. The second-order valence-corrected chi connectivity index (χ2v) is 8.23. The molecule has 0 bridgehead atoms. The lowest BCUT2D eigenvalue weighted by atomic mass is 10.0. The van der Waals surface area contributed by atoms with E-state index in [9.17, 15) is 5.11 Å². The quantitative estimate of drug-likeness (QED) is 0.554. The van der Waals surface area contributed by atoms with Gasteiger partial charge in [0.1, 0.15) is 18.1 Å². The van der Waals surface area contributed by atoms with E-state index >= 15 is 0 Å². The molecule has 0 aliphatic carbocycles. The van der Waals surface area contributed by atoms with Crippen molar-refractivity contribution in [1.82, 2.24) is 4.90 Å². The third-order valence-corrected chi connectivity index (χ3v) is 5.60. The van der Waals surface area contributed by atoms with E-state index < -0.39 is 6.10 Å². The summed E-state index contributed by atoms with van der Waals surface area (Å²) in [6, 6.07) is 16.2. The molecule has 0 saturated carbocycles. The second kappa shape index (κ2) is 11.9. The lowest BCUT2D eigenvalue weighted by Gasteiger charge is -2.37. The zero-order valence-electron chi connectivity index (χ0n) is 19.0. The minimum Gasteiger partial charge on any atom is -0.495 e. The van der Waals surface area contributed by atoms with Gasteiger partial charge >= 0.3 is 0 Å². The number of hydrogen-bond acceptors (Lipinski definition) is 6. The Labute approximate surface area is 186 Å². The first-order valence-electron chi connectivity index (χ1n) is 11.2. The van der Waals surface area contributed by atoms with Gasteiger partial charge in [-0.25, -0.2) is 0 Å². The van der Waals surface area contributed by atoms with Gasteiger partial charge in [0.05, 0.1) is 32.1 Å². The average Bonchev–Trinajstić information content (AvgIpc) is 2.79. The number of anilines is 1. The van der Waals surface area contributed by atoms with Gasteiger partial charge in [-0.15, -0.1) is 0 Å². The van der Waals surface area contributed by atoms with Gasteiger partial charge in [-0.1, -0.05) is 44.2 Å². The van der Waals surface area contributed by atoms with Crippen molar-refractivity contribution in [1.29, 1.82) is 0 Å². The normalized spacial score (nSPS) is 15.8. The van der Waals surface area contributed by atoms with Gasteiger partial charge in [0, 0.05) is 32.7 Å². The number of aliphatic hydroxyl groups excluding tert-OH is 1. The van der Waals surface area contributed by atoms with Crippen LogP contribution in [0.2, 0.25) is 0 Å². The number of piperazine rings is 1. The summed E-state index contributed by atoms with van der Waals surface area (Å²) in [7, 11) is 1.71. The summed E-state index contributed by atoms with van der Waals surface area (Å²) in [5.41, 5.74) is 2.34. The molecule has 170 valence electrons. The maximum absolute atomic E-state index is 10.4. The summed E-state index contributed by atoms with van der Waals surface area (Å²) in [6.07, 6.45) is -0.499. The van der Waals surface area contributed by atoms with E-state index in [1.807, 2.05) is 36.4 Å². The van der Waals surface area contributed by atoms with Gasteiger partial charge in [-0.3, -0.25) is 4.90 Å². The molecular formula is C25H36N2O4. The first kappa shape index (κ1) is 23.4. The Morgan fingerprint density at radius 2 is 1.58 bits per heavy atom. The molecule has 1 atom stereocenters. The summed E-state index contributed by atoms with van der Waals surface area (Å²) in [5, 5.41) is 10.4. The maximum atomic E-state index is 10.4. The topological polar surface area (TPSA) is 54.4 Å². The van der Waals surface area contributed by atoms with Crippen molar-refractivity contribution in [3.8, 4) is 11.5 Å². The SMILES string of the molecule is COc1ccccc1N1CCN(C[C@H](O)COCCOc2ccccc2C(C)C)CC1. The van der Waals surface area contributed by atoms with Gasteiger partial charge in [-0.05, 0) is 29.7 Å². The third-order valence-electron chi connectivity index (χ3n) is 5.60. The number of benzene rings is 2. The number of aliphatic hydroxyl groups is 1. The Balaban J connectivity index is 1.33. The Morgan fingerprint density at radius 3 is 2.29 bits per heavy atom. The van der Waals surface area contributed by atoms with Crippen molar-refractivity contribution >= 4 is 5.69 Å². The molecule has 1 saturated heterocycles. The highest BCUT2D eigenvalue weighted by Gasteiger charge is 2.21.